The van der Waals surface area contributed by atoms with Gasteiger partial charge >= 0.3 is 0 Å². The minimum absolute atomic E-state index is 0.704. The van der Waals surface area contributed by atoms with Crippen LogP contribution in [0.3, 0.4) is 0 Å². The number of rotatable bonds is 6. The van der Waals surface area contributed by atoms with Gasteiger partial charge in [-0.15, -0.1) is 0 Å². The highest BCUT2D eigenvalue weighted by atomic mass is 15.2. The standard InChI is InChI=1S/C18H29N3/c1-3-20(4-2)16-9-7-15(8-10-16)14-19-17-11-13-21-12-5-6-18(17)21/h7-10,17-19H,3-6,11-14H2,1-2H3. The van der Waals surface area contributed by atoms with Crippen LogP contribution >= 0.6 is 0 Å². The number of nitrogens with one attached hydrogen (secondary N) is 1. The van der Waals surface area contributed by atoms with Crippen molar-refractivity contribution in [2.24, 2.45) is 0 Å². The van der Waals surface area contributed by atoms with Crippen LogP contribution in [0, 0.1) is 0 Å². The normalized spacial score (nSPS) is 25.2. The maximum atomic E-state index is 3.79. The molecule has 21 heavy (non-hydrogen) atoms. The zero-order chi connectivity index (χ0) is 14.7. The van der Waals surface area contributed by atoms with Crippen LogP contribution in [-0.2, 0) is 6.54 Å². The highest BCUT2D eigenvalue weighted by molar-refractivity contribution is 5.47. The molecule has 1 aromatic carbocycles. The second-order valence-electron chi connectivity index (χ2n) is 6.36. The number of anilines is 1. The summed E-state index contributed by atoms with van der Waals surface area (Å²) in [6, 6.07) is 10.6. The number of hydrogen-bond acceptors (Lipinski definition) is 3. The van der Waals surface area contributed by atoms with Gasteiger partial charge in [0.15, 0.2) is 0 Å². The van der Waals surface area contributed by atoms with Crippen LogP contribution in [-0.4, -0.2) is 43.2 Å². The van der Waals surface area contributed by atoms with Crippen molar-refractivity contribution < 1.29 is 0 Å². The Labute approximate surface area is 129 Å². The van der Waals surface area contributed by atoms with E-state index in [0.717, 1.165) is 25.7 Å². The Bertz CT molecular complexity index is 438. The van der Waals surface area contributed by atoms with Crippen LogP contribution in [0.15, 0.2) is 24.3 Å². The van der Waals surface area contributed by atoms with Crippen molar-refractivity contribution in [2.75, 3.05) is 31.1 Å². The van der Waals surface area contributed by atoms with Crippen molar-refractivity contribution in [3.8, 4) is 0 Å². The molecule has 0 saturated carbocycles. The zero-order valence-electron chi connectivity index (χ0n) is 13.5. The molecule has 3 nitrogen and oxygen atoms in total. The average molecular weight is 287 g/mol. The van der Waals surface area contributed by atoms with E-state index >= 15 is 0 Å². The molecule has 0 aliphatic carbocycles. The van der Waals surface area contributed by atoms with Crippen LogP contribution in [0.2, 0.25) is 0 Å². The third-order valence-corrected chi connectivity index (χ3v) is 5.24. The molecule has 116 valence electrons. The Hall–Kier alpha value is -1.06. The summed E-state index contributed by atoms with van der Waals surface area (Å²) in [5, 5.41) is 3.79. The fourth-order valence-corrected chi connectivity index (χ4v) is 3.98. The van der Waals surface area contributed by atoms with E-state index in [1.54, 1.807) is 0 Å². The van der Waals surface area contributed by atoms with Crippen molar-refractivity contribution in [3.63, 3.8) is 0 Å². The Morgan fingerprint density at radius 2 is 1.86 bits per heavy atom. The molecule has 0 spiro atoms. The van der Waals surface area contributed by atoms with E-state index in [-0.39, 0.29) is 0 Å². The smallest absolute Gasteiger partial charge is 0.0366 e. The van der Waals surface area contributed by atoms with Gasteiger partial charge in [0.25, 0.3) is 0 Å². The third-order valence-electron chi connectivity index (χ3n) is 5.24. The Morgan fingerprint density at radius 3 is 2.57 bits per heavy atom. The summed E-state index contributed by atoms with van der Waals surface area (Å²) in [7, 11) is 0. The molecule has 2 saturated heterocycles. The lowest BCUT2D eigenvalue weighted by atomic mass is 10.1. The first-order valence-electron chi connectivity index (χ1n) is 8.63. The van der Waals surface area contributed by atoms with Gasteiger partial charge in [-0.1, -0.05) is 12.1 Å². The molecule has 2 atom stereocenters. The third kappa shape index (κ3) is 3.24. The van der Waals surface area contributed by atoms with Crippen molar-refractivity contribution in [3.05, 3.63) is 29.8 Å². The van der Waals surface area contributed by atoms with Gasteiger partial charge in [-0.25, -0.2) is 0 Å². The van der Waals surface area contributed by atoms with Crippen molar-refractivity contribution >= 4 is 5.69 Å². The Morgan fingerprint density at radius 1 is 1.10 bits per heavy atom. The fourth-order valence-electron chi connectivity index (χ4n) is 3.98. The second kappa shape index (κ2) is 6.80. The predicted molar refractivity (Wildman–Crippen MR) is 89.8 cm³/mol. The molecule has 0 aromatic heterocycles. The number of nitrogens with zero attached hydrogens (tertiary/aromatic N) is 2. The summed E-state index contributed by atoms with van der Waals surface area (Å²) in [4.78, 5) is 5.06. The monoisotopic (exact) mass is 287 g/mol. The summed E-state index contributed by atoms with van der Waals surface area (Å²) in [5.74, 6) is 0. The summed E-state index contributed by atoms with van der Waals surface area (Å²) >= 11 is 0. The van der Waals surface area contributed by atoms with Crippen LogP contribution in [0.5, 0.6) is 0 Å². The van der Waals surface area contributed by atoms with E-state index in [1.165, 1.54) is 43.6 Å². The lowest BCUT2D eigenvalue weighted by Crippen LogP contribution is -2.38. The summed E-state index contributed by atoms with van der Waals surface area (Å²) in [6.07, 6.45) is 4.10. The molecule has 2 fully saturated rings. The van der Waals surface area contributed by atoms with Crippen LogP contribution in [0.25, 0.3) is 0 Å². The Balaban J connectivity index is 1.53. The molecule has 2 aliphatic rings. The fraction of sp³-hybridized carbons (Fsp3) is 0.667. The largest absolute Gasteiger partial charge is 0.372 e. The predicted octanol–water partition coefficient (Wildman–Crippen LogP) is 2.86. The summed E-state index contributed by atoms with van der Waals surface area (Å²) < 4.78 is 0. The van der Waals surface area contributed by atoms with Gasteiger partial charge in [-0.2, -0.15) is 0 Å². The molecule has 1 N–H and O–H groups in total. The second-order valence-corrected chi connectivity index (χ2v) is 6.36. The first-order chi connectivity index (χ1) is 10.3. The van der Waals surface area contributed by atoms with E-state index in [9.17, 15) is 0 Å². The average Bonchev–Trinajstić information content (AvgIpc) is 3.11. The van der Waals surface area contributed by atoms with Gasteiger partial charge in [0.2, 0.25) is 0 Å². The molecule has 0 bridgehead atoms. The van der Waals surface area contributed by atoms with Gasteiger partial charge in [0.05, 0.1) is 0 Å². The molecular weight excluding hydrogens is 258 g/mol. The maximum absolute atomic E-state index is 3.79. The molecule has 2 unspecified atom stereocenters. The molecule has 2 heterocycles. The van der Waals surface area contributed by atoms with Gasteiger partial charge in [0, 0.05) is 44.0 Å². The van der Waals surface area contributed by atoms with E-state index in [1.807, 2.05) is 0 Å². The Kier molecular flexibility index (Phi) is 4.81. The molecule has 3 rings (SSSR count). The van der Waals surface area contributed by atoms with E-state index in [4.69, 9.17) is 0 Å². The van der Waals surface area contributed by atoms with Crippen molar-refractivity contribution in [2.45, 2.75) is 51.7 Å². The maximum Gasteiger partial charge on any atom is 0.0366 e. The minimum Gasteiger partial charge on any atom is -0.372 e. The van der Waals surface area contributed by atoms with Gasteiger partial charge in [-0.3, -0.25) is 4.90 Å². The molecule has 0 radical (unpaired) electrons. The SMILES string of the molecule is CCN(CC)c1ccc(CNC2CCN3CCCC23)cc1. The number of hydrogen-bond donors (Lipinski definition) is 1. The molecule has 3 heteroatoms. The first kappa shape index (κ1) is 14.9. The van der Waals surface area contributed by atoms with Gasteiger partial charge in [0.1, 0.15) is 0 Å². The van der Waals surface area contributed by atoms with Crippen LogP contribution in [0.4, 0.5) is 5.69 Å². The first-order valence-corrected chi connectivity index (χ1v) is 8.63. The lowest BCUT2D eigenvalue weighted by Gasteiger charge is -2.22. The zero-order valence-corrected chi connectivity index (χ0v) is 13.5. The van der Waals surface area contributed by atoms with Crippen molar-refractivity contribution in [1.29, 1.82) is 0 Å². The highest BCUT2D eigenvalue weighted by Crippen LogP contribution is 2.28. The highest BCUT2D eigenvalue weighted by Gasteiger charge is 2.36. The van der Waals surface area contributed by atoms with Gasteiger partial charge < -0.3 is 10.2 Å². The number of benzene rings is 1. The van der Waals surface area contributed by atoms with Crippen molar-refractivity contribution in [1.82, 2.24) is 10.2 Å². The topological polar surface area (TPSA) is 18.5 Å². The van der Waals surface area contributed by atoms with Crippen LogP contribution in [0.1, 0.15) is 38.7 Å². The molecule has 2 aliphatic heterocycles. The summed E-state index contributed by atoms with van der Waals surface area (Å²) in [6.45, 7) is 10.2. The quantitative estimate of drug-likeness (QED) is 0.868. The van der Waals surface area contributed by atoms with Crippen LogP contribution < -0.4 is 10.2 Å². The van der Waals surface area contributed by atoms with E-state index < -0.39 is 0 Å². The van der Waals surface area contributed by atoms with E-state index in [0.29, 0.717) is 6.04 Å². The summed E-state index contributed by atoms with van der Waals surface area (Å²) in [5.41, 5.74) is 2.74. The van der Waals surface area contributed by atoms with Gasteiger partial charge in [-0.05, 0) is 57.4 Å². The lowest BCUT2D eigenvalue weighted by molar-refractivity contribution is 0.298. The molecule has 1 aromatic rings. The van der Waals surface area contributed by atoms with E-state index in [2.05, 4.69) is 53.2 Å². The minimum atomic E-state index is 0.704. The molecular formula is C18H29N3. The number of fused-ring (bicyclic) bond motifs is 1. The molecule has 0 amide bonds.